The lowest BCUT2D eigenvalue weighted by Crippen LogP contribution is -2.48. The maximum Gasteiger partial charge on any atom is 0.238 e. The largest absolute Gasteiger partial charge is 0.507 e. The van der Waals surface area contributed by atoms with Gasteiger partial charge in [-0.3, -0.25) is 14.6 Å². The lowest BCUT2D eigenvalue weighted by molar-refractivity contribution is -0.117. The Morgan fingerprint density at radius 2 is 1.87 bits per heavy atom. The fourth-order valence-corrected chi connectivity index (χ4v) is 3.89. The quantitative estimate of drug-likeness (QED) is 0.575. The van der Waals surface area contributed by atoms with E-state index < -0.39 is 0 Å². The van der Waals surface area contributed by atoms with Crippen LogP contribution in [0.2, 0.25) is 5.02 Å². The fourth-order valence-electron chi connectivity index (χ4n) is 3.71. The Morgan fingerprint density at radius 3 is 2.55 bits per heavy atom. The summed E-state index contributed by atoms with van der Waals surface area (Å²) in [5.74, 6) is 1.00. The first-order valence-electron chi connectivity index (χ1n) is 10.6. The fraction of sp³-hybridized carbons (Fsp3) is 0.375. The van der Waals surface area contributed by atoms with Crippen LogP contribution in [-0.4, -0.2) is 60.1 Å². The number of aromatic hydroxyl groups is 1. The number of anilines is 1. The second-order valence-electron chi connectivity index (χ2n) is 7.60. The number of amides is 1. The number of hydrogen-bond donors (Lipinski definition) is 2. The van der Waals surface area contributed by atoms with Gasteiger partial charge in [-0.25, -0.2) is 0 Å². The topological polar surface area (TPSA) is 65.0 Å². The minimum atomic E-state index is -0.0716. The van der Waals surface area contributed by atoms with Crippen LogP contribution in [0, 0.1) is 0 Å². The molecule has 2 aromatic rings. The van der Waals surface area contributed by atoms with Gasteiger partial charge < -0.3 is 15.2 Å². The number of carbonyl (C=O) groups is 1. The zero-order chi connectivity index (χ0) is 22.2. The van der Waals surface area contributed by atoms with Crippen molar-refractivity contribution in [3.63, 3.8) is 0 Å². The third-order valence-corrected chi connectivity index (χ3v) is 5.62. The molecule has 1 saturated heterocycles. The van der Waals surface area contributed by atoms with Crippen LogP contribution < -0.4 is 10.1 Å². The highest BCUT2D eigenvalue weighted by atomic mass is 35.5. The van der Waals surface area contributed by atoms with Crippen LogP contribution in [-0.2, 0) is 17.8 Å². The van der Waals surface area contributed by atoms with Crippen molar-refractivity contribution in [1.29, 1.82) is 0 Å². The number of para-hydroxylation sites is 1. The molecule has 0 atom stereocenters. The Hall–Kier alpha value is -2.54. The van der Waals surface area contributed by atoms with Crippen molar-refractivity contribution >= 4 is 23.2 Å². The van der Waals surface area contributed by atoms with Gasteiger partial charge in [0.25, 0.3) is 0 Å². The lowest BCUT2D eigenvalue weighted by atomic mass is 10.0. The van der Waals surface area contributed by atoms with Gasteiger partial charge >= 0.3 is 0 Å². The number of nitrogens with zero attached hydrogens (tertiary/aromatic N) is 2. The summed E-state index contributed by atoms with van der Waals surface area (Å²) in [6.07, 6.45) is 2.37. The summed E-state index contributed by atoms with van der Waals surface area (Å²) in [7, 11) is 0. The van der Waals surface area contributed by atoms with Gasteiger partial charge in [-0.1, -0.05) is 29.8 Å². The number of carbonyl (C=O) groups excluding carboxylic acids is 1. The molecule has 166 valence electrons. The second-order valence-corrected chi connectivity index (χ2v) is 8.00. The number of ether oxygens (including phenoxy) is 1. The molecule has 0 aliphatic carbocycles. The van der Waals surface area contributed by atoms with Crippen LogP contribution in [0.1, 0.15) is 18.1 Å². The smallest absolute Gasteiger partial charge is 0.238 e. The normalized spacial score (nSPS) is 14.9. The maximum atomic E-state index is 12.4. The number of allylic oxidation sites excluding steroid dienone is 1. The molecule has 0 bridgehead atoms. The van der Waals surface area contributed by atoms with Crippen LogP contribution in [0.4, 0.5) is 5.69 Å². The van der Waals surface area contributed by atoms with Crippen molar-refractivity contribution in [2.75, 3.05) is 44.6 Å². The Bertz CT molecular complexity index is 911. The molecule has 1 amide bonds. The summed E-state index contributed by atoms with van der Waals surface area (Å²) in [4.78, 5) is 16.8. The molecule has 2 N–H and O–H groups in total. The Morgan fingerprint density at radius 1 is 1.19 bits per heavy atom. The van der Waals surface area contributed by atoms with Crippen molar-refractivity contribution in [1.82, 2.24) is 9.80 Å². The number of rotatable bonds is 9. The highest BCUT2D eigenvalue weighted by Gasteiger charge is 2.21. The first-order valence-corrected chi connectivity index (χ1v) is 11.0. The molecule has 0 spiro atoms. The van der Waals surface area contributed by atoms with Gasteiger partial charge in [0.2, 0.25) is 5.91 Å². The monoisotopic (exact) mass is 443 g/mol. The summed E-state index contributed by atoms with van der Waals surface area (Å²) in [5, 5.41) is 14.1. The molecule has 1 aliphatic rings. The van der Waals surface area contributed by atoms with Gasteiger partial charge in [-0.2, -0.15) is 0 Å². The molecule has 7 heteroatoms. The zero-order valence-electron chi connectivity index (χ0n) is 17.9. The average molecular weight is 444 g/mol. The van der Waals surface area contributed by atoms with E-state index in [9.17, 15) is 9.90 Å². The van der Waals surface area contributed by atoms with Gasteiger partial charge in [0, 0.05) is 43.9 Å². The standard InChI is InChI=1S/C24H30ClN3O3/c1-3-7-18-14-20(31-4-2)15-19(24(18)30)16-27-10-12-28(13-11-27)17-23(29)26-22-9-6-5-8-21(22)25/h3,5-6,8-9,14-15,30H,1,4,7,10-13,16-17H2,2H3,(H,26,29). The van der Waals surface area contributed by atoms with E-state index in [2.05, 4.69) is 21.7 Å². The molecule has 1 aliphatic heterocycles. The molecule has 6 nitrogen and oxygen atoms in total. The maximum absolute atomic E-state index is 12.4. The molecular formula is C24H30ClN3O3. The van der Waals surface area contributed by atoms with E-state index >= 15 is 0 Å². The van der Waals surface area contributed by atoms with Crippen LogP contribution in [0.3, 0.4) is 0 Å². The van der Waals surface area contributed by atoms with Gasteiger partial charge in [0.1, 0.15) is 11.5 Å². The van der Waals surface area contributed by atoms with Gasteiger partial charge in [-0.15, -0.1) is 6.58 Å². The third kappa shape index (κ3) is 6.47. The number of phenols is 1. The summed E-state index contributed by atoms with van der Waals surface area (Å²) < 4.78 is 5.67. The van der Waals surface area contributed by atoms with E-state index in [1.54, 1.807) is 18.2 Å². The van der Waals surface area contributed by atoms with Gasteiger partial charge in [0.05, 0.1) is 23.9 Å². The van der Waals surface area contributed by atoms with Crippen LogP contribution >= 0.6 is 11.6 Å². The molecule has 2 aromatic carbocycles. The molecular weight excluding hydrogens is 414 g/mol. The predicted octanol–water partition coefficient (Wildman–Crippen LogP) is 3.93. The SMILES string of the molecule is C=CCc1cc(OCC)cc(CN2CCN(CC(=O)Nc3ccccc3Cl)CC2)c1O. The van der Waals surface area contributed by atoms with Crippen LogP contribution in [0.25, 0.3) is 0 Å². The number of halogens is 1. The first-order chi connectivity index (χ1) is 15.0. The number of benzene rings is 2. The number of piperazine rings is 1. The molecule has 3 rings (SSSR count). The average Bonchev–Trinajstić information content (AvgIpc) is 2.75. The highest BCUT2D eigenvalue weighted by Crippen LogP contribution is 2.30. The van der Waals surface area contributed by atoms with Crippen molar-refractivity contribution in [2.24, 2.45) is 0 Å². The first kappa shape index (κ1) is 23.1. The van der Waals surface area contributed by atoms with Crippen molar-refractivity contribution in [2.45, 2.75) is 19.9 Å². The van der Waals surface area contributed by atoms with Crippen molar-refractivity contribution in [3.8, 4) is 11.5 Å². The van der Waals surface area contributed by atoms with E-state index in [1.807, 2.05) is 31.2 Å². The Kier molecular flexibility index (Phi) is 8.35. The summed E-state index contributed by atoms with van der Waals surface area (Å²) in [6, 6.07) is 11.0. The minimum absolute atomic E-state index is 0.0716. The van der Waals surface area contributed by atoms with E-state index in [4.69, 9.17) is 16.3 Å². The molecule has 31 heavy (non-hydrogen) atoms. The molecule has 0 aromatic heterocycles. The second kappa shape index (κ2) is 11.2. The van der Waals surface area contributed by atoms with E-state index in [1.165, 1.54) is 0 Å². The van der Waals surface area contributed by atoms with E-state index in [0.29, 0.717) is 42.6 Å². The molecule has 1 heterocycles. The van der Waals surface area contributed by atoms with Crippen molar-refractivity contribution < 1.29 is 14.6 Å². The van der Waals surface area contributed by atoms with E-state index in [-0.39, 0.29) is 5.91 Å². The number of nitrogens with one attached hydrogen (secondary N) is 1. The molecule has 0 saturated carbocycles. The number of hydrogen-bond acceptors (Lipinski definition) is 5. The zero-order valence-corrected chi connectivity index (χ0v) is 18.7. The number of phenolic OH excluding ortho intramolecular Hbond substituents is 1. The summed E-state index contributed by atoms with van der Waals surface area (Å²) in [6.45, 7) is 10.4. The Balaban J connectivity index is 1.54. The highest BCUT2D eigenvalue weighted by molar-refractivity contribution is 6.33. The lowest BCUT2D eigenvalue weighted by Gasteiger charge is -2.34. The molecule has 0 radical (unpaired) electrons. The summed E-state index contributed by atoms with van der Waals surface area (Å²) in [5.41, 5.74) is 2.31. The molecule has 0 unspecified atom stereocenters. The van der Waals surface area contributed by atoms with E-state index in [0.717, 1.165) is 43.1 Å². The minimum Gasteiger partial charge on any atom is -0.507 e. The van der Waals surface area contributed by atoms with Crippen LogP contribution in [0.15, 0.2) is 49.1 Å². The van der Waals surface area contributed by atoms with Gasteiger partial charge in [0.15, 0.2) is 0 Å². The Labute approximate surface area is 189 Å². The summed E-state index contributed by atoms with van der Waals surface area (Å²) >= 11 is 6.11. The van der Waals surface area contributed by atoms with Crippen molar-refractivity contribution in [3.05, 3.63) is 65.2 Å². The third-order valence-electron chi connectivity index (χ3n) is 5.29. The van der Waals surface area contributed by atoms with Gasteiger partial charge in [-0.05, 0) is 37.6 Å². The molecule has 1 fully saturated rings. The van der Waals surface area contributed by atoms with Crippen LogP contribution in [0.5, 0.6) is 11.5 Å². The predicted molar refractivity (Wildman–Crippen MR) is 125 cm³/mol.